The van der Waals surface area contributed by atoms with Gasteiger partial charge in [-0.15, -0.1) is 12.3 Å². The van der Waals surface area contributed by atoms with Crippen LogP contribution in [-0.2, 0) is 18.6 Å². The van der Waals surface area contributed by atoms with Crippen LogP contribution < -0.4 is 0 Å². The third-order valence-electron chi connectivity index (χ3n) is 0.197. The van der Waals surface area contributed by atoms with Gasteiger partial charge in [-0.1, -0.05) is 0 Å². The molecule has 0 saturated carbocycles. The molecule has 0 unspecified atom stereocenters. The third kappa shape index (κ3) is 10.9. The summed E-state index contributed by atoms with van der Waals surface area (Å²) in [4.78, 5) is 0. The van der Waals surface area contributed by atoms with E-state index < -0.39 is 0 Å². The first-order valence-corrected chi connectivity index (χ1v) is 1.29. The molecule has 31 valence electrons. The summed E-state index contributed by atoms with van der Waals surface area (Å²) in [5, 5.41) is 0. The second-order valence-corrected chi connectivity index (χ2v) is 0.519. The van der Waals surface area contributed by atoms with E-state index in [1.165, 1.54) is 0 Å². The van der Waals surface area contributed by atoms with Gasteiger partial charge in [0, 0.05) is 18.6 Å². The van der Waals surface area contributed by atoms with Gasteiger partial charge in [0.05, 0.1) is 0 Å². The average molecular weight is 124 g/mol. The largest absolute Gasteiger partial charge is 0.358 e. The fourth-order valence-electron chi connectivity index (χ4n) is 0.0673. The first kappa shape index (κ1) is 9.55. The summed E-state index contributed by atoms with van der Waals surface area (Å²) in [5.74, 6) is 8.15. The quantitative estimate of drug-likeness (QED) is 0.320. The van der Waals surface area contributed by atoms with Crippen molar-refractivity contribution in [2.75, 3.05) is 0 Å². The molecule has 0 aromatic rings. The molecule has 0 nitrogen and oxygen atoms in total. The summed E-state index contributed by atoms with van der Waals surface area (Å²) in [7, 11) is 0. The molecular weight excluding hydrogens is 123 g/mol. The van der Waals surface area contributed by atoms with E-state index in [-0.39, 0.29) is 18.6 Å². The zero-order chi connectivity index (χ0) is 4.83. The molecule has 1 heteroatoms. The van der Waals surface area contributed by atoms with E-state index in [1.54, 1.807) is 0 Å². The Bertz CT molecular complexity index is 137. The predicted octanol–water partition coefficient (Wildman–Crippen LogP) is 0.210. The van der Waals surface area contributed by atoms with Crippen LogP contribution in [0.1, 0.15) is 0 Å². The van der Waals surface area contributed by atoms with Gasteiger partial charge in [0.25, 0.3) is 0 Å². The van der Waals surface area contributed by atoms with Gasteiger partial charge >= 0.3 is 0 Å². The van der Waals surface area contributed by atoms with Crippen molar-refractivity contribution in [2.45, 2.75) is 0 Å². The summed E-state index contributed by atoms with van der Waals surface area (Å²) in [5.41, 5.74) is 0. The fraction of sp³-hybridized carbons (Fsp3) is 0. The van der Waals surface area contributed by atoms with Crippen molar-refractivity contribution < 1.29 is 18.6 Å². The van der Waals surface area contributed by atoms with Crippen molar-refractivity contribution in [1.82, 2.24) is 0 Å². The summed E-state index contributed by atoms with van der Waals surface area (Å²) in [6, 6.07) is 0. The van der Waals surface area contributed by atoms with E-state index in [0.29, 0.717) is 0 Å². The molecule has 0 aromatic carbocycles. The normalized spacial score (nSPS) is 2.57. The molecule has 0 rings (SSSR count). The Kier molecular flexibility index (Phi) is 12.3. The monoisotopic (exact) mass is 124 g/mol. The molecule has 0 aliphatic carbocycles. The van der Waals surface area contributed by atoms with Gasteiger partial charge in [0.2, 0.25) is 0 Å². The van der Waals surface area contributed by atoms with E-state index in [4.69, 9.17) is 6.42 Å². The Morgan fingerprint density at radius 1 is 1.29 bits per heavy atom. The summed E-state index contributed by atoms with van der Waals surface area (Å²) in [6.45, 7) is 0. The van der Waals surface area contributed by atoms with Crippen molar-refractivity contribution in [3.63, 3.8) is 0 Å². The molecule has 0 aliphatic heterocycles. The van der Waals surface area contributed by atoms with Crippen LogP contribution in [-0.4, -0.2) is 0 Å². The van der Waals surface area contributed by atoms with Crippen molar-refractivity contribution >= 4 is 0 Å². The summed E-state index contributed by atoms with van der Waals surface area (Å²) >= 11 is 0. The van der Waals surface area contributed by atoms with Gasteiger partial charge < -0.3 is 6.42 Å². The Morgan fingerprint density at radius 2 is 1.86 bits per heavy atom. The van der Waals surface area contributed by atoms with Crippen molar-refractivity contribution in [2.24, 2.45) is 0 Å². The minimum absolute atomic E-state index is 0. The van der Waals surface area contributed by atoms with Crippen LogP contribution in [0.5, 0.6) is 0 Å². The van der Waals surface area contributed by atoms with Gasteiger partial charge in [-0.25, -0.2) is 5.92 Å². The minimum atomic E-state index is 0. The predicted molar refractivity (Wildman–Crippen MR) is 23.7 cm³/mol. The summed E-state index contributed by atoms with van der Waals surface area (Å²) < 4.78 is 0. The molecule has 0 fully saturated rings. The molecule has 0 N–H and O–H groups in total. The van der Waals surface area contributed by atoms with Gasteiger partial charge in [-0.2, -0.15) is 0 Å². The molecule has 0 saturated heterocycles. The zero-order valence-corrected chi connectivity index (χ0v) is 4.92. The minimum Gasteiger partial charge on any atom is -0.358 e. The maximum Gasteiger partial charge on any atom is 0 e. The Labute approximate surface area is 55.6 Å². The van der Waals surface area contributed by atoms with Gasteiger partial charge in [0.1, 0.15) is 0 Å². The Morgan fingerprint density at radius 3 is 2.00 bits per heavy atom. The second kappa shape index (κ2) is 8.98. The van der Waals surface area contributed by atoms with Gasteiger partial charge in [-0.3, -0.25) is 5.92 Å². The molecule has 0 atom stereocenters. The molecule has 7 heavy (non-hydrogen) atoms. The first-order valence-electron chi connectivity index (χ1n) is 1.29. The molecule has 0 aromatic heterocycles. The summed E-state index contributed by atoms with van der Waals surface area (Å²) in [6.07, 6.45) is 10.9. The number of hydrogen-bond acceptors (Lipinski definition) is 0. The van der Waals surface area contributed by atoms with E-state index in [9.17, 15) is 0 Å². The van der Waals surface area contributed by atoms with Gasteiger partial charge in [0.15, 0.2) is 0 Å². The topological polar surface area (TPSA) is 0 Å². The van der Waals surface area contributed by atoms with Crippen LogP contribution in [0, 0.1) is 36.5 Å². The van der Waals surface area contributed by atoms with E-state index in [1.807, 2.05) is 11.8 Å². The SMILES string of the molecule is [C-]#CC#CC#C.[V]. The van der Waals surface area contributed by atoms with Crippen molar-refractivity contribution in [3.8, 4) is 30.1 Å². The van der Waals surface area contributed by atoms with Gasteiger partial charge in [-0.05, 0) is 5.92 Å². The molecule has 1 radical (unpaired) electrons. The first-order chi connectivity index (χ1) is 2.91. The molecule has 0 spiro atoms. The Hall–Kier alpha value is -0.736. The smallest absolute Gasteiger partial charge is 0 e. The van der Waals surface area contributed by atoms with E-state index >= 15 is 0 Å². The molecule has 0 heterocycles. The van der Waals surface area contributed by atoms with Crippen molar-refractivity contribution in [3.05, 3.63) is 6.42 Å². The maximum absolute atomic E-state index is 6.19. The van der Waals surface area contributed by atoms with Crippen LogP contribution in [0.4, 0.5) is 0 Å². The molecular formula is C6HV-. The maximum atomic E-state index is 6.19. The van der Waals surface area contributed by atoms with Crippen molar-refractivity contribution in [1.29, 1.82) is 0 Å². The van der Waals surface area contributed by atoms with Crippen LogP contribution >= 0.6 is 0 Å². The van der Waals surface area contributed by atoms with E-state index in [0.717, 1.165) is 0 Å². The van der Waals surface area contributed by atoms with Crippen LogP contribution in [0.25, 0.3) is 0 Å². The number of rotatable bonds is 0. The van der Waals surface area contributed by atoms with Crippen LogP contribution in [0.2, 0.25) is 0 Å². The molecule has 0 aliphatic rings. The molecule has 0 bridgehead atoms. The molecule has 0 amide bonds. The van der Waals surface area contributed by atoms with Crippen LogP contribution in [0.3, 0.4) is 0 Å². The fourth-order valence-corrected chi connectivity index (χ4v) is 0.0673. The number of terminal acetylenes is 1. The number of hydrogen-bond donors (Lipinski definition) is 0. The standard InChI is InChI=1S/C6H.V/c1-3-5-6-4-2;/h1H;/q-1;. The third-order valence-corrected chi connectivity index (χ3v) is 0.197. The Balaban J connectivity index is 0. The van der Waals surface area contributed by atoms with Crippen LogP contribution in [0.15, 0.2) is 0 Å². The zero-order valence-electron chi connectivity index (χ0n) is 3.52. The second-order valence-electron chi connectivity index (χ2n) is 0.519. The van der Waals surface area contributed by atoms with E-state index in [2.05, 4.69) is 18.3 Å². The average Bonchev–Trinajstić information content (AvgIpc) is 1.61.